The molecule has 0 aliphatic rings. The molecule has 1 heterocycles. The SMILES string of the molecule is CCCCCc1ccc(C(=O)CCC(=O)OCc2csc(N(C(C)=O)c3ccccc3)n2)cc1. The molecular weight excluding hydrogens is 448 g/mol. The van der Waals surface area contributed by atoms with Crippen molar-refractivity contribution < 1.29 is 19.1 Å². The third-order valence-corrected chi connectivity index (χ3v) is 6.22. The van der Waals surface area contributed by atoms with Crippen LogP contribution in [-0.4, -0.2) is 22.6 Å². The second kappa shape index (κ2) is 12.8. The molecule has 6 nitrogen and oxygen atoms in total. The van der Waals surface area contributed by atoms with Crippen molar-refractivity contribution in [1.29, 1.82) is 0 Å². The van der Waals surface area contributed by atoms with Crippen molar-refractivity contribution in [3.8, 4) is 0 Å². The van der Waals surface area contributed by atoms with Gasteiger partial charge in [0, 0.05) is 24.3 Å². The van der Waals surface area contributed by atoms with Crippen molar-refractivity contribution in [3.63, 3.8) is 0 Å². The van der Waals surface area contributed by atoms with Crippen LogP contribution < -0.4 is 4.90 Å². The zero-order valence-electron chi connectivity index (χ0n) is 19.7. The fraction of sp³-hybridized carbons (Fsp3) is 0.333. The summed E-state index contributed by atoms with van der Waals surface area (Å²) in [6, 6.07) is 16.9. The predicted molar refractivity (Wildman–Crippen MR) is 134 cm³/mol. The van der Waals surface area contributed by atoms with Gasteiger partial charge in [0.2, 0.25) is 5.91 Å². The van der Waals surface area contributed by atoms with Crippen LogP contribution in [0.1, 0.15) is 67.6 Å². The number of carbonyl (C=O) groups is 3. The Morgan fingerprint density at radius 2 is 1.71 bits per heavy atom. The Morgan fingerprint density at radius 1 is 0.971 bits per heavy atom. The lowest BCUT2D eigenvalue weighted by Crippen LogP contribution is -2.22. The van der Waals surface area contributed by atoms with Crippen molar-refractivity contribution in [2.24, 2.45) is 0 Å². The fourth-order valence-electron chi connectivity index (χ4n) is 3.49. The number of ketones is 1. The van der Waals surface area contributed by atoms with Crippen LogP contribution in [0.3, 0.4) is 0 Å². The Balaban J connectivity index is 1.47. The normalized spacial score (nSPS) is 10.6. The first-order chi connectivity index (χ1) is 16.5. The van der Waals surface area contributed by atoms with Gasteiger partial charge >= 0.3 is 5.97 Å². The first kappa shape index (κ1) is 25.3. The summed E-state index contributed by atoms with van der Waals surface area (Å²) < 4.78 is 5.30. The molecule has 1 amide bonds. The zero-order valence-corrected chi connectivity index (χ0v) is 20.5. The van der Waals surface area contributed by atoms with E-state index in [9.17, 15) is 14.4 Å². The van der Waals surface area contributed by atoms with Crippen molar-refractivity contribution in [2.75, 3.05) is 4.90 Å². The van der Waals surface area contributed by atoms with Gasteiger partial charge in [0.15, 0.2) is 10.9 Å². The molecule has 0 fully saturated rings. The van der Waals surface area contributed by atoms with E-state index in [1.54, 1.807) is 5.38 Å². The number of thiazole rings is 1. The largest absolute Gasteiger partial charge is 0.459 e. The Morgan fingerprint density at radius 3 is 2.38 bits per heavy atom. The minimum Gasteiger partial charge on any atom is -0.459 e. The second-order valence-corrected chi connectivity index (χ2v) is 8.89. The zero-order chi connectivity index (χ0) is 24.3. The molecule has 7 heteroatoms. The highest BCUT2D eigenvalue weighted by Gasteiger charge is 2.18. The number of unbranched alkanes of at least 4 members (excludes halogenated alkanes) is 2. The lowest BCUT2D eigenvalue weighted by atomic mass is 10.0. The third-order valence-electron chi connectivity index (χ3n) is 5.34. The van der Waals surface area contributed by atoms with Gasteiger partial charge in [0.25, 0.3) is 0 Å². The number of Topliss-reactive ketones (excluding diaryl/α,β-unsaturated/α-hetero) is 1. The van der Waals surface area contributed by atoms with Crippen LogP contribution in [-0.2, 0) is 27.4 Å². The van der Waals surface area contributed by atoms with Crippen LogP contribution in [0, 0.1) is 0 Å². The van der Waals surface area contributed by atoms with E-state index < -0.39 is 5.97 Å². The molecule has 0 radical (unpaired) electrons. The highest BCUT2D eigenvalue weighted by Crippen LogP contribution is 2.29. The van der Waals surface area contributed by atoms with Gasteiger partial charge in [0.05, 0.1) is 17.8 Å². The van der Waals surface area contributed by atoms with E-state index in [0.29, 0.717) is 16.4 Å². The number of anilines is 2. The summed E-state index contributed by atoms with van der Waals surface area (Å²) in [5, 5.41) is 2.27. The average molecular weight is 479 g/mol. The van der Waals surface area contributed by atoms with Crippen LogP contribution >= 0.6 is 11.3 Å². The Labute approximate surface area is 204 Å². The van der Waals surface area contributed by atoms with Crippen LogP contribution in [0.5, 0.6) is 0 Å². The maximum Gasteiger partial charge on any atom is 0.306 e. The summed E-state index contributed by atoms with van der Waals surface area (Å²) in [6.07, 6.45) is 4.66. The highest BCUT2D eigenvalue weighted by molar-refractivity contribution is 7.14. The predicted octanol–water partition coefficient (Wildman–Crippen LogP) is 6.27. The van der Waals surface area contributed by atoms with Gasteiger partial charge in [-0.15, -0.1) is 11.3 Å². The number of para-hydroxylation sites is 1. The molecule has 0 unspecified atom stereocenters. The van der Waals surface area contributed by atoms with Crippen molar-refractivity contribution in [3.05, 3.63) is 76.8 Å². The van der Waals surface area contributed by atoms with Crippen molar-refractivity contribution in [1.82, 2.24) is 4.98 Å². The lowest BCUT2D eigenvalue weighted by molar-refractivity contribution is -0.145. The topological polar surface area (TPSA) is 76.6 Å². The van der Waals surface area contributed by atoms with E-state index in [2.05, 4.69) is 11.9 Å². The minimum atomic E-state index is -0.453. The van der Waals surface area contributed by atoms with Gasteiger partial charge in [-0.3, -0.25) is 19.3 Å². The summed E-state index contributed by atoms with van der Waals surface area (Å²) in [4.78, 5) is 42.7. The fourth-order valence-corrected chi connectivity index (χ4v) is 4.36. The maximum absolute atomic E-state index is 12.4. The summed E-state index contributed by atoms with van der Waals surface area (Å²) in [5.41, 5.74) is 3.12. The number of esters is 1. The number of aryl methyl sites for hydroxylation is 1. The highest BCUT2D eigenvalue weighted by atomic mass is 32.1. The first-order valence-electron chi connectivity index (χ1n) is 11.6. The molecule has 0 aliphatic heterocycles. The van der Waals surface area contributed by atoms with Crippen LogP contribution in [0.4, 0.5) is 10.8 Å². The van der Waals surface area contributed by atoms with Crippen molar-refractivity contribution >= 4 is 39.8 Å². The van der Waals surface area contributed by atoms with Gasteiger partial charge in [0.1, 0.15) is 6.61 Å². The number of nitrogens with zero attached hydrogens (tertiary/aromatic N) is 2. The van der Waals surface area contributed by atoms with E-state index >= 15 is 0 Å². The number of amides is 1. The molecule has 178 valence electrons. The third kappa shape index (κ3) is 7.35. The number of benzene rings is 2. The number of ether oxygens (including phenoxy) is 1. The molecule has 2 aromatic carbocycles. The summed E-state index contributed by atoms with van der Waals surface area (Å²) in [6.45, 7) is 3.65. The number of rotatable bonds is 12. The average Bonchev–Trinajstić information content (AvgIpc) is 3.30. The number of aromatic nitrogens is 1. The molecule has 0 N–H and O–H groups in total. The summed E-state index contributed by atoms with van der Waals surface area (Å²) >= 11 is 1.30. The van der Waals surface area contributed by atoms with Gasteiger partial charge in [-0.1, -0.05) is 62.2 Å². The van der Waals surface area contributed by atoms with E-state index in [0.717, 1.165) is 18.5 Å². The van der Waals surface area contributed by atoms with E-state index in [1.807, 2.05) is 54.6 Å². The van der Waals surface area contributed by atoms with Gasteiger partial charge < -0.3 is 4.74 Å². The second-order valence-electron chi connectivity index (χ2n) is 8.05. The number of hydrogen-bond acceptors (Lipinski definition) is 6. The molecule has 0 atom stereocenters. The maximum atomic E-state index is 12.4. The molecule has 34 heavy (non-hydrogen) atoms. The Hall–Kier alpha value is -3.32. The molecule has 3 aromatic rings. The number of carbonyl (C=O) groups excluding carboxylic acids is 3. The van der Waals surface area contributed by atoms with Gasteiger partial charge in [-0.25, -0.2) is 4.98 Å². The molecule has 0 saturated carbocycles. The minimum absolute atomic E-state index is 0.00346. The van der Waals surface area contributed by atoms with Crippen LogP contribution in [0.15, 0.2) is 60.0 Å². The van der Waals surface area contributed by atoms with E-state index in [-0.39, 0.29) is 31.1 Å². The Bertz CT molecular complexity index is 1090. The first-order valence-corrected chi connectivity index (χ1v) is 12.4. The molecule has 1 aromatic heterocycles. The summed E-state index contributed by atoms with van der Waals surface area (Å²) in [7, 11) is 0. The van der Waals surface area contributed by atoms with Crippen molar-refractivity contribution in [2.45, 2.75) is 59.0 Å². The molecule has 0 saturated heterocycles. The molecule has 0 bridgehead atoms. The Kier molecular flexibility index (Phi) is 9.52. The van der Waals surface area contributed by atoms with Gasteiger partial charge in [-0.05, 0) is 30.5 Å². The molecule has 3 rings (SSSR count). The van der Waals surface area contributed by atoms with Crippen LogP contribution in [0.25, 0.3) is 0 Å². The monoisotopic (exact) mass is 478 g/mol. The van der Waals surface area contributed by atoms with Crippen LogP contribution in [0.2, 0.25) is 0 Å². The molecule has 0 spiro atoms. The van der Waals surface area contributed by atoms with E-state index in [4.69, 9.17) is 4.74 Å². The standard InChI is InChI=1S/C27H30N2O4S/c1-3-4-6-9-21-12-14-22(15-13-21)25(31)16-17-26(32)33-18-23-19-34-27(28-23)29(20(2)30)24-10-7-5-8-11-24/h5,7-8,10-15,19H,3-4,6,9,16-18H2,1-2H3. The molecule has 0 aliphatic carbocycles. The smallest absolute Gasteiger partial charge is 0.306 e. The lowest BCUT2D eigenvalue weighted by Gasteiger charge is -2.17. The van der Waals surface area contributed by atoms with E-state index in [1.165, 1.54) is 41.6 Å². The quantitative estimate of drug-likeness (QED) is 0.174. The number of hydrogen-bond donors (Lipinski definition) is 0. The summed E-state index contributed by atoms with van der Waals surface area (Å²) in [5.74, 6) is -0.685. The molecular formula is C27H30N2O4S. The van der Waals surface area contributed by atoms with Gasteiger partial charge in [-0.2, -0.15) is 0 Å².